The molecule has 0 aromatic carbocycles. The fourth-order valence-electron chi connectivity index (χ4n) is 3.64. The Kier molecular flexibility index (Phi) is 4.45. The van der Waals surface area contributed by atoms with E-state index in [4.69, 9.17) is 0 Å². The fraction of sp³-hybridized carbons (Fsp3) is 0.706. The van der Waals surface area contributed by atoms with Crippen molar-refractivity contribution in [1.82, 2.24) is 5.32 Å². The zero-order valence-corrected chi connectivity index (χ0v) is 13.2. The van der Waals surface area contributed by atoms with Crippen LogP contribution < -0.4 is 5.32 Å². The van der Waals surface area contributed by atoms with Crippen LogP contribution in [0.4, 0.5) is 0 Å². The van der Waals surface area contributed by atoms with Crippen molar-refractivity contribution in [3.63, 3.8) is 0 Å². The van der Waals surface area contributed by atoms with E-state index in [1.165, 1.54) is 55.4 Å². The molecule has 0 unspecified atom stereocenters. The molecule has 0 aliphatic heterocycles. The van der Waals surface area contributed by atoms with Gasteiger partial charge in [0.25, 0.3) is 5.91 Å². The number of amides is 1. The third-order valence-electron chi connectivity index (χ3n) is 4.98. The first-order chi connectivity index (χ1) is 9.75. The summed E-state index contributed by atoms with van der Waals surface area (Å²) in [6, 6.07) is 0.387. The van der Waals surface area contributed by atoms with Crippen molar-refractivity contribution in [1.29, 1.82) is 0 Å². The van der Waals surface area contributed by atoms with Crippen molar-refractivity contribution >= 4 is 17.2 Å². The molecule has 2 aliphatic carbocycles. The van der Waals surface area contributed by atoms with Crippen LogP contribution in [0.1, 0.15) is 72.7 Å². The number of nitrogens with one attached hydrogen (secondary N) is 1. The average Bonchev–Trinajstić information content (AvgIpc) is 2.71. The number of hydrogen-bond donors (Lipinski definition) is 1. The van der Waals surface area contributed by atoms with Crippen LogP contribution in [0.5, 0.6) is 0 Å². The summed E-state index contributed by atoms with van der Waals surface area (Å²) in [5.74, 6) is 0.813. The topological polar surface area (TPSA) is 29.1 Å². The molecule has 1 N–H and O–H groups in total. The van der Waals surface area contributed by atoms with Gasteiger partial charge in [-0.3, -0.25) is 4.79 Å². The molecule has 1 amide bonds. The first kappa shape index (κ1) is 14.1. The Bertz CT molecular complexity index is 479. The van der Waals surface area contributed by atoms with Crippen molar-refractivity contribution in [2.45, 2.75) is 70.8 Å². The van der Waals surface area contributed by atoms with E-state index in [0.717, 1.165) is 18.4 Å². The Labute approximate surface area is 126 Å². The summed E-state index contributed by atoms with van der Waals surface area (Å²) in [6.07, 6.45) is 11.1. The van der Waals surface area contributed by atoms with Crippen LogP contribution in [-0.2, 0) is 12.8 Å². The predicted octanol–water partition coefficient (Wildman–Crippen LogP) is 4.33. The minimum absolute atomic E-state index is 0.183. The van der Waals surface area contributed by atoms with Gasteiger partial charge in [-0.05, 0) is 50.0 Å². The van der Waals surface area contributed by atoms with Gasteiger partial charge in [-0.1, -0.05) is 26.2 Å². The van der Waals surface area contributed by atoms with Crippen LogP contribution in [0.25, 0.3) is 0 Å². The number of thiophene rings is 1. The number of aryl methyl sites for hydroxylation is 1. The highest BCUT2D eigenvalue weighted by molar-refractivity contribution is 7.10. The molecule has 20 heavy (non-hydrogen) atoms. The molecule has 1 heterocycles. The Morgan fingerprint density at radius 1 is 1.15 bits per heavy atom. The number of hydrogen-bond acceptors (Lipinski definition) is 2. The second kappa shape index (κ2) is 6.30. The van der Waals surface area contributed by atoms with Gasteiger partial charge in [0.1, 0.15) is 0 Å². The molecule has 3 heteroatoms. The Balaban J connectivity index is 1.72. The zero-order chi connectivity index (χ0) is 13.9. The van der Waals surface area contributed by atoms with Crippen molar-refractivity contribution in [3.8, 4) is 0 Å². The van der Waals surface area contributed by atoms with Crippen LogP contribution >= 0.6 is 11.3 Å². The van der Waals surface area contributed by atoms with Crippen LogP contribution in [0.3, 0.4) is 0 Å². The van der Waals surface area contributed by atoms with E-state index < -0.39 is 0 Å². The third-order valence-corrected chi connectivity index (χ3v) is 6.07. The average molecular weight is 291 g/mol. The molecule has 2 aliphatic rings. The van der Waals surface area contributed by atoms with Crippen molar-refractivity contribution in [2.75, 3.05) is 0 Å². The monoisotopic (exact) mass is 291 g/mol. The maximum Gasteiger partial charge on any atom is 0.252 e. The minimum Gasteiger partial charge on any atom is -0.349 e. The highest BCUT2D eigenvalue weighted by Crippen LogP contribution is 2.30. The normalized spacial score (nSPS) is 26.6. The van der Waals surface area contributed by atoms with Gasteiger partial charge in [0.2, 0.25) is 0 Å². The number of carbonyl (C=O) groups excluding carboxylic acids is 1. The minimum atomic E-state index is 0.183. The van der Waals surface area contributed by atoms with Gasteiger partial charge in [0.05, 0.1) is 5.56 Å². The third kappa shape index (κ3) is 2.93. The summed E-state index contributed by atoms with van der Waals surface area (Å²) < 4.78 is 0. The summed E-state index contributed by atoms with van der Waals surface area (Å²) in [5, 5.41) is 5.41. The Morgan fingerprint density at radius 2 is 1.95 bits per heavy atom. The summed E-state index contributed by atoms with van der Waals surface area (Å²) in [4.78, 5) is 14.1. The van der Waals surface area contributed by atoms with Gasteiger partial charge in [-0.2, -0.15) is 0 Å². The smallest absolute Gasteiger partial charge is 0.252 e. The summed E-state index contributed by atoms with van der Waals surface area (Å²) >= 11 is 1.80. The van der Waals surface area contributed by atoms with E-state index in [0.29, 0.717) is 12.0 Å². The second-order valence-corrected chi connectivity index (χ2v) is 7.42. The lowest BCUT2D eigenvalue weighted by Crippen LogP contribution is -2.41. The van der Waals surface area contributed by atoms with Crippen molar-refractivity contribution in [2.24, 2.45) is 5.92 Å². The lowest BCUT2D eigenvalue weighted by Gasteiger charge is -2.29. The summed E-state index contributed by atoms with van der Waals surface area (Å²) in [6.45, 7) is 2.28. The SMILES string of the molecule is C[C@H]1CCCC[C@@H]1NC(=O)c1csc2c1CCCCC2. The predicted molar refractivity (Wildman–Crippen MR) is 84.5 cm³/mol. The molecular weight excluding hydrogens is 266 g/mol. The molecule has 2 nitrogen and oxygen atoms in total. The van der Waals surface area contributed by atoms with Crippen molar-refractivity contribution < 1.29 is 4.79 Å². The first-order valence-corrected chi connectivity index (χ1v) is 9.04. The highest BCUT2D eigenvalue weighted by Gasteiger charge is 2.25. The van der Waals surface area contributed by atoms with Crippen LogP contribution in [0.2, 0.25) is 0 Å². The van der Waals surface area contributed by atoms with Crippen LogP contribution in [-0.4, -0.2) is 11.9 Å². The molecule has 0 saturated heterocycles. The zero-order valence-electron chi connectivity index (χ0n) is 12.4. The molecule has 110 valence electrons. The van der Waals surface area contributed by atoms with Crippen LogP contribution in [0, 0.1) is 5.92 Å². The highest BCUT2D eigenvalue weighted by atomic mass is 32.1. The maximum absolute atomic E-state index is 12.6. The molecule has 1 aromatic rings. The molecule has 1 fully saturated rings. The second-order valence-electron chi connectivity index (χ2n) is 6.45. The van der Waals surface area contributed by atoms with E-state index in [2.05, 4.69) is 17.6 Å². The first-order valence-electron chi connectivity index (χ1n) is 8.16. The molecule has 3 rings (SSSR count). The molecule has 0 radical (unpaired) electrons. The van der Waals surface area contributed by atoms with Gasteiger partial charge >= 0.3 is 0 Å². The molecular formula is C17H25NOS. The Morgan fingerprint density at radius 3 is 2.80 bits per heavy atom. The lowest BCUT2D eigenvalue weighted by atomic mass is 9.86. The Hall–Kier alpha value is -0.830. The quantitative estimate of drug-likeness (QED) is 0.808. The van der Waals surface area contributed by atoms with E-state index in [1.54, 1.807) is 11.3 Å². The van der Waals surface area contributed by atoms with E-state index in [1.807, 2.05) is 0 Å². The molecule has 2 atom stereocenters. The standard InChI is InChI=1S/C17H25NOS/c1-12-7-5-6-9-15(12)18-17(19)14-11-20-16-10-4-2-3-8-13(14)16/h11-12,15H,2-10H2,1H3,(H,18,19)/t12-,15-/m0/s1. The number of fused-ring (bicyclic) bond motifs is 1. The van der Waals surface area contributed by atoms with E-state index >= 15 is 0 Å². The molecule has 0 spiro atoms. The lowest BCUT2D eigenvalue weighted by molar-refractivity contribution is 0.0910. The maximum atomic E-state index is 12.6. The fourth-order valence-corrected chi connectivity index (χ4v) is 4.76. The molecule has 0 bridgehead atoms. The largest absolute Gasteiger partial charge is 0.349 e. The summed E-state index contributed by atoms with van der Waals surface area (Å²) in [5.41, 5.74) is 2.33. The van der Waals surface area contributed by atoms with E-state index in [-0.39, 0.29) is 5.91 Å². The van der Waals surface area contributed by atoms with Gasteiger partial charge < -0.3 is 5.32 Å². The van der Waals surface area contributed by atoms with E-state index in [9.17, 15) is 4.79 Å². The van der Waals surface area contributed by atoms with Gasteiger partial charge in [0.15, 0.2) is 0 Å². The summed E-state index contributed by atoms with van der Waals surface area (Å²) in [7, 11) is 0. The van der Waals surface area contributed by atoms with Crippen molar-refractivity contribution in [3.05, 3.63) is 21.4 Å². The number of rotatable bonds is 2. The van der Waals surface area contributed by atoms with Gasteiger partial charge in [-0.25, -0.2) is 0 Å². The molecule has 1 aromatic heterocycles. The van der Waals surface area contributed by atoms with Gasteiger partial charge in [-0.15, -0.1) is 11.3 Å². The van der Waals surface area contributed by atoms with Gasteiger partial charge in [0, 0.05) is 16.3 Å². The molecule has 1 saturated carbocycles. The van der Waals surface area contributed by atoms with Crippen LogP contribution in [0.15, 0.2) is 5.38 Å². The number of carbonyl (C=O) groups is 1.